The van der Waals surface area contributed by atoms with Gasteiger partial charge in [-0.1, -0.05) is 23.7 Å². The van der Waals surface area contributed by atoms with E-state index >= 15 is 0 Å². The van der Waals surface area contributed by atoms with Gasteiger partial charge in [0, 0.05) is 55.2 Å². The van der Waals surface area contributed by atoms with Crippen LogP contribution in [0.4, 0.5) is 0 Å². The zero-order valence-electron chi connectivity index (χ0n) is 15.6. The summed E-state index contributed by atoms with van der Waals surface area (Å²) in [7, 11) is 0. The summed E-state index contributed by atoms with van der Waals surface area (Å²) >= 11 is 7.39. The second kappa shape index (κ2) is 8.59. The van der Waals surface area contributed by atoms with Gasteiger partial charge >= 0.3 is 0 Å². The zero-order valence-corrected chi connectivity index (χ0v) is 17.2. The normalized spacial score (nSPS) is 17.9. The molecule has 0 bridgehead atoms. The SMILES string of the molecule is O=C(CN1CCN(C(=O)c2csc(-c3ccc(Cl)cc3)n2)CC1)N1CCCC1. The molecule has 2 aromatic rings. The van der Waals surface area contributed by atoms with E-state index in [9.17, 15) is 9.59 Å². The maximum Gasteiger partial charge on any atom is 0.273 e. The standard InChI is InChI=1S/C20H23ClN4O2S/c21-16-5-3-15(4-6-16)19-22-17(14-28-19)20(27)25-11-9-23(10-12-25)13-18(26)24-7-1-2-8-24/h3-6,14H,1-2,7-13H2. The molecule has 2 fully saturated rings. The maximum atomic E-state index is 12.8. The third kappa shape index (κ3) is 4.37. The molecule has 0 N–H and O–H groups in total. The molecular formula is C20H23ClN4O2S. The monoisotopic (exact) mass is 418 g/mol. The third-order valence-corrected chi connectivity index (χ3v) is 6.43. The largest absolute Gasteiger partial charge is 0.342 e. The van der Waals surface area contributed by atoms with E-state index in [1.165, 1.54) is 11.3 Å². The van der Waals surface area contributed by atoms with Gasteiger partial charge in [0.1, 0.15) is 10.7 Å². The lowest BCUT2D eigenvalue weighted by Gasteiger charge is -2.34. The highest BCUT2D eigenvalue weighted by atomic mass is 35.5. The summed E-state index contributed by atoms with van der Waals surface area (Å²) in [5, 5.41) is 3.31. The van der Waals surface area contributed by atoms with Gasteiger partial charge in [-0.05, 0) is 25.0 Å². The number of nitrogens with zero attached hydrogens (tertiary/aromatic N) is 4. The summed E-state index contributed by atoms with van der Waals surface area (Å²) in [5.74, 6) is 0.173. The lowest BCUT2D eigenvalue weighted by atomic mass is 10.2. The minimum atomic E-state index is -0.0398. The number of aromatic nitrogens is 1. The first kappa shape index (κ1) is 19.4. The van der Waals surface area contributed by atoms with Gasteiger partial charge in [0.05, 0.1) is 6.54 Å². The van der Waals surface area contributed by atoms with Crippen molar-refractivity contribution in [3.8, 4) is 10.6 Å². The van der Waals surface area contributed by atoms with Crippen LogP contribution in [0.3, 0.4) is 0 Å². The quantitative estimate of drug-likeness (QED) is 0.766. The van der Waals surface area contributed by atoms with E-state index in [0.29, 0.717) is 30.4 Å². The van der Waals surface area contributed by atoms with Crippen molar-refractivity contribution < 1.29 is 9.59 Å². The van der Waals surface area contributed by atoms with Crippen molar-refractivity contribution in [3.63, 3.8) is 0 Å². The van der Waals surface area contributed by atoms with E-state index in [-0.39, 0.29) is 11.8 Å². The number of carbonyl (C=O) groups excluding carboxylic acids is 2. The highest BCUT2D eigenvalue weighted by Crippen LogP contribution is 2.25. The molecule has 2 aliphatic heterocycles. The maximum absolute atomic E-state index is 12.8. The summed E-state index contributed by atoms with van der Waals surface area (Å²) in [4.78, 5) is 35.5. The van der Waals surface area contributed by atoms with Crippen LogP contribution in [-0.2, 0) is 4.79 Å². The molecule has 0 unspecified atom stereocenters. The number of piperazine rings is 1. The first-order valence-electron chi connectivity index (χ1n) is 9.61. The molecule has 28 heavy (non-hydrogen) atoms. The highest BCUT2D eigenvalue weighted by molar-refractivity contribution is 7.13. The topological polar surface area (TPSA) is 56.8 Å². The number of amides is 2. The van der Waals surface area contributed by atoms with Crippen molar-refractivity contribution in [3.05, 3.63) is 40.4 Å². The summed E-state index contributed by atoms with van der Waals surface area (Å²) in [5.41, 5.74) is 1.44. The average Bonchev–Trinajstić information content (AvgIpc) is 3.41. The molecule has 2 amide bonds. The van der Waals surface area contributed by atoms with Crippen molar-refractivity contribution in [2.24, 2.45) is 0 Å². The predicted octanol–water partition coefficient (Wildman–Crippen LogP) is 2.84. The van der Waals surface area contributed by atoms with Crippen LogP contribution in [0.5, 0.6) is 0 Å². The molecule has 0 radical (unpaired) electrons. The van der Waals surface area contributed by atoms with E-state index in [1.807, 2.05) is 39.4 Å². The summed E-state index contributed by atoms with van der Waals surface area (Å²) < 4.78 is 0. The average molecular weight is 419 g/mol. The Labute approximate surface area is 173 Å². The fourth-order valence-corrected chi connectivity index (χ4v) is 4.55. The van der Waals surface area contributed by atoms with Crippen LogP contribution in [0.15, 0.2) is 29.6 Å². The Balaban J connectivity index is 1.31. The van der Waals surface area contributed by atoms with Gasteiger partial charge in [0.25, 0.3) is 5.91 Å². The van der Waals surface area contributed by atoms with Gasteiger partial charge in [-0.15, -0.1) is 11.3 Å². The zero-order chi connectivity index (χ0) is 19.5. The van der Waals surface area contributed by atoms with Gasteiger partial charge in [-0.3, -0.25) is 14.5 Å². The Morgan fingerprint density at radius 3 is 2.32 bits per heavy atom. The first-order valence-corrected chi connectivity index (χ1v) is 10.9. The van der Waals surface area contributed by atoms with Gasteiger partial charge in [0.2, 0.25) is 5.91 Å². The third-order valence-electron chi connectivity index (χ3n) is 5.29. The fraction of sp³-hybridized carbons (Fsp3) is 0.450. The van der Waals surface area contributed by atoms with Crippen molar-refractivity contribution in [2.75, 3.05) is 45.8 Å². The number of benzene rings is 1. The second-order valence-corrected chi connectivity index (χ2v) is 8.50. The number of carbonyl (C=O) groups is 2. The van der Waals surface area contributed by atoms with Crippen molar-refractivity contribution >= 4 is 34.8 Å². The Bertz CT molecular complexity index is 840. The molecule has 0 aliphatic carbocycles. The molecule has 6 nitrogen and oxygen atoms in total. The summed E-state index contributed by atoms with van der Waals surface area (Å²) in [6.07, 6.45) is 2.22. The molecule has 8 heteroatoms. The van der Waals surface area contributed by atoms with Gasteiger partial charge in [-0.25, -0.2) is 4.98 Å². The number of hydrogen-bond acceptors (Lipinski definition) is 5. The smallest absolute Gasteiger partial charge is 0.273 e. The Kier molecular flexibility index (Phi) is 5.94. The molecule has 0 saturated carbocycles. The van der Waals surface area contributed by atoms with Gasteiger partial charge in [-0.2, -0.15) is 0 Å². The van der Waals surface area contributed by atoms with E-state index in [2.05, 4.69) is 9.88 Å². The van der Waals surface area contributed by atoms with E-state index < -0.39 is 0 Å². The van der Waals surface area contributed by atoms with Crippen LogP contribution in [0.25, 0.3) is 10.6 Å². The van der Waals surface area contributed by atoms with Crippen LogP contribution in [-0.4, -0.2) is 77.3 Å². The van der Waals surface area contributed by atoms with Crippen molar-refractivity contribution in [1.82, 2.24) is 19.7 Å². The number of thiazole rings is 1. The van der Waals surface area contributed by atoms with E-state index in [4.69, 9.17) is 11.6 Å². The molecule has 1 aromatic heterocycles. The van der Waals surface area contributed by atoms with Crippen LogP contribution < -0.4 is 0 Å². The second-order valence-electron chi connectivity index (χ2n) is 7.20. The Morgan fingerprint density at radius 2 is 1.64 bits per heavy atom. The number of hydrogen-bond donors (Lipinski definition) is 0. The fourth-order valence-electron chi connectivity index (χ4n) is 3.63. The first-order chi connectivity index (χ1) is 13.6. The van der Waals surface area contributed by atoms with Crippen LogP contribution in [0, 0.1) is 0 Å². The predicted molar refractivity (Wildman–Crippen MR) is 111 cm³/mol. The number of rotatable bonds is 4. The lowest BCUT2D eigenvalue weighted by Crippen LogP contribution is -2.51. The van der Waals surface area contributed by atoms with Crippen LogP contribution in [0.1, 0.15) is 23.3 Å². The molecule has 2 aliphatic rings. The van der Waals surface area contributed by atoms with E-state index in [0.717, 1.165) is 49.6 Å². The lowest BCUT2D eigenvalue weighted by molar-refractivity contribution is -0.131. The molecule has 2 saturated heterocycles. The van der Waals surface area contributed by atoms with E-state index in [1.54, 1.807) is 0 Å². The number of likely N-dealkylation sites (tertiary alicyclic amines) is 1. The Morgan fingerprint density at radius 1 is 0.964 bits per heavy atom. The van der Waals surface area contributed by atoms with Crippen LogP contribution in [0.2, 0.25) is 5.02 Å². The molecule has 1 aromatic carbocycles. The molecule has 3 heterocycles. The summed E-state index contributed by atoms with van der Waals surface area (Å²) in [6.45, 7) is 4.92. The Hall–Kier alpha value is -1.96. The highest BCUT2D eigenvalue weighted by Gasteiger charge is 2.26. The minimum absolute atomic E-state index is 0.0398. The van der Waals surface area contributed by atoms with Crippen molar-refractivity contribution in [2.45, 2.75) is 12.8 Å². The molecule has 4 rings (SSSR count). The van der Waals surface area contributed by atoms with Gasteiger partial charge in [0.15, 0.2) is 0 Å². The van der Waals surface area contributed by atoms with Crippen molar-refractivity contribution in [1.29, 1.82) is 0 Å². The molecular weight excluding hydrogens is 396 g/mol. The minimum Gasteiger partial charge on any atom is -0.342 e. The number of halogens is 1. The molecule has 0 spiro atoms. The van der Waals surface area contributed by atoms with Crippen LogP contribution >= 0.6 is 22.9 Å². The molecule has 0 atom stereocenters. The molecule has 148 valence electrons. The summed E-state index contributed by atoms with van der Waals surface area (Å²) in [6, 6.07) is 7.46. The van der Waals surface area contributed by atoms with Gasteiger partial charge < -0.3 is 9.80 Å².